The molecule has 2 aliphatic rings. The van der Waals surface area contributed by atoms with Crippen molar-refractivity contribution >= 4 is 5.91 Å². The average molecular weight is 346 g/mol. The highest BCUT2D eigenvalue weighted by Gasteiger charge is 2.34. The quantitative estimate of drug-likeness (QED) is 0.755. The number of carbonyl (C=O) groups excluding carboxylic acids is 1. The Morgan fingerprint density at radius 3 is 2.64 bits per heavy atom. The summed E-state index contributed by atoms with van der Waals surface area (Å²) in [5.41, 5.74) is 1.08. The Morgan fingerprint density at radius 1 is 1.28 bits per heavy atom. The molecule has 2 heterocycles. The summed E-state index contributed by atoms with van der Waals surface area (Å²) in [6.45, 7) is 1.04. The van der Waals surface area contributed by atoms with Crippen LogP contribution in [-0.4, -0.2) is 54.3 Å². The second kappa shape index (κ2) is 8.79. The van der Waals surface area contributed by atoms with E-state index in [2.05, 4.69) is 5.32 Å². The number of rotatable bonds is 8. The fraction of sp³-hybridized carbons (Fsp3) is 0.650. The highest BCUT2D eigenvalue weighted by molar-refractivity contribution is 5.76. The van der Waals surface area contributed by atoms with Crippen LogP contribution < -0.4 is 5.32 Å². The topological polar surface area (TPSA) is 61.8 Å². The van der Waals surface area contributed by atoms with Gasteiger partial charge < -0.3 is 20.1 Å². The van der Waals surface area contributed by atoms with Crippen LogP contribution >= 0.6 is 0 Å². The summed E-state index contributed by atoms with van der Waals surface area (Å²) in [5.74, 6) is 0.619. The zero-order chi connectivity index (χ0) is 17.6. The maximum Gasteiger partial charge on any atom is 0.222 e. The van der Waals surface area contributed by atoms with Gasteiger partial charge in [-0.2, -0.15) is 0 Å². The molecule has 5 nitrogen and oxygen atoms in total. The smallest absolute Gasteiger partial charge is 0.222 e. The highest BCUT2D eigenvalue weighted by Crippen LogP contribution is 2.32. The third kappa shape index (κ3) is 5.53. The maximum absolute atomic E-state index is 12.4. The highest BCUT2D eigenvalue weighted by atomic mass is 16.5. The number of aliphatic hydroxyl groups excluding tert-OH is 1. The van der Waals surface area contributed by atoms with Gasteiger partial charge in [-0.05, 0) is 37.2 Å². The van der Waals surface area contributed by atoms with E-state index in [1.54, 1.807) is 11.9 Å². The van der Waals surface area contributed by atoms with Crippen molar-refractivity contribution < 1.29 is 14.6 Å². The molecule has 1 aromatic carbocycles. The minimum Gasteiger partial charge on any atom is -0.389 e. The molecular weight excluding hydrogens is 316 g/mol. The molecule has 3 atom stereocenters. The molecule has 1 aromatic rings. The number of hydrogen-bond acceptors (Lipinski definition) is 4. The van der Waals surface area contributed by atoms with E-state index in [0.29, 0.717) is 37.6 Å². The van der Waals surface area contributed by atoms with Gasteiger partial charge in [-0.15, -0.1) is 0 Å². The fourth-order valence-corrected chi connectivity index (χ4v) is 4.10. The lowest BCUT2D eigenvalue weighted by molar-refractivity contribution is -0.133. The first kappa shape index (κ1) is 18.4. The number of piperidine rings is 1. The minimum absolute atomic E-state index is 0.133. The molecule has 0 aliphatic carbocycles. The van der Waals surface area contributed by atoms with Crippen LogP contribution in [0.2, 0.25) is 0 Å². The number of fused-ring (bicyclic) bond motifs is 2. The van der Waals surface area contributed by atoms with E-state index < -0.39 is 6.10 Å². The van der Waals surface area contributed by atoms with Gasteiger partial charge in [0, 0.05) is 32.1 Å². The summed E-state index contributed by atoms with van der Waals surface area (Å²) in [6.07, 6.45) is 4.67. The lowest BCUT2D eigenvalue weighted by atomic mass is 9.89. The van der Waals surface area contributed by atoms with Gasteiger partial charge in [-0.1, -0.05) is 30.3 Å². The van der Waals surface area contributed by atoms with E-state index in [1.807, 2.05) is 30.3 Å². The normalized spacial score (nSPS) is 26.4. The van der Waals surface area contributed by atoms with E-state index in [1.165, 1.54) is 12.8 Å². The number of ether oxygens (including phenoxy) is 1. The molecule has 3 unspecified atom stereocenters. The zero-order valence-corrected chi connectivity index (χ0v) is 15.1. The number of hydrogen-bond donors (Lipinski definition) is 2. The predicted octanol–water partition coefficient (Wildman–Crippen LogP) is 1.94. The molecule has 2 fully saturated rings. The van der Waals surface area contributed by atoms with E-state index >= 15 is 0 Å². The van der Waals surface area contributed by atoms with Crippen molar-refractivity contribution in [3.63, 3.8) is 0 Å². The number of benzene rings is 1. The molecule has 2 aliphatic heterocycles. The van der Waals surface area contributed by atoms with E-state index in [0.717, 1.165) is 18.4 Å². The number of nitrogens with zero attached hydrogens (tertiary/aromatic N) is 1. The molecule has 1 amide bonds. The molecule has 3 rings (SSSR count). The fourth-order valence-electron chi connectivity index (χ4n) is 4.10. The third-order valence-corrected chi connectivity index (χ3v) is 5.37. The second-order valence-electron chi connectivity index (χ2n) is 7.61. The monoisotopic (exact) mass is 346 g/mol. The number of likely N-dealkylation sites (N-methyl/N-ethyl adjacent to an activating group) is 1. The van der Waals surface area contributed by atoms with Crippen LogP contribution in [0.3, 0.4) is 0 Å². The molecule has 0 aromatic heterocycles. The van der Waals surface area contributed by atoms with Crippen molar-refractivity contribution in [1.29, 1.82) is 0 Å². The lowest BCUT2D eigenvalue weighted by Gasteiger charge is -2.30. The van der Waals surface area contributed by atoms with E-state index in [4.69, 9.17) is 4.74 Å². The van der Waals surface area contributed by atoms with Crippen molar-refractivity contribution in [2.45, 2.75) is 56.9 Å². The van der Waals surface area contributed by atoms with Gasteiger partial charge in [0.05, 0.1) is 19.3 Å². The minimum atomic E-state index is -0.651. The van der Waals surface area contributed by atoms with Crippen molar-refractivity contribution in [1.82, 2.24) is 10.2 Å². The molecule has 0 spiro atoms. The van der Waals surface area contributed by atoms with Gasteiger partial charge in [0.2, 0.25) is 5.91 Å². The van der Waals surface area contributed by atoms with E-state index in [-0.39, 0.29) is 12.5 Å². The van der Waals surface area contributed by atoms with Crippen LogP contribution in [0.15, 0.2) is 30.3 Å². The summed E-state index contributed by atoms with van der Waals surface area (Å²) in [5, 5.41) is 13.7. The summed E-state index contributed by atoms with van der Waals surface area (Å²) in [6, 6.07) is 11.1. The zero-order valence-electron chi connectivity index (χ0n) is 15.1. The first-order valence-electron chi connectivity index (χ1n) is 9.40. The van der Waals surface area contributed by atoms with Gasteiger partial charge >= 0.3 is 0 Å². The first-order valence-corrected chi connectivity index (χ1v) is 9.40. The number of aliphatic hydroxyl groups is 1. The first-order chi connectivity index (χ1) is 12.1. The van der Waals surface area contributed by atoms with E-state index in [9.17, 15) is 9.90 Å². The Kier molecular flexibility index (Phi) is 6.45. The van der Waals surface area contributed by atoms with Crippen LogP contribution in [0.1, 0.15) is 37.7 Å². The molecule has 2 N–H and O–H groups in total. The number of nitrogens with one attached hydrogen (secondary N) is 1. The largest absolute Gasteiger partial charge is 0.389 e. The molecule has 5 heteroatoms. The Balaban J connectivity index is 1.34. The van der Waals surface area contributed by atoms with Crippen molar-refractivity contribution in [2.75, 3.05) is 20.2 Å². The van der Waals surface area contributed by atoms with Gasteiger partial charge in [-0.25, -0.2) is 0 Å². The summed E-state index contributed by atoms with van der Waals surface area (Å²) in [7, 11) is 1.78. The standard InChI is InChI=1S/C20H30N2O3/c1-22(12-19(23)14-25-13-15-5-3-2-4-6-15)20(24)11-16-9-17-7-8-18(10-16)21-17/h2-6,16-19,21,23H,7-14H2,1H3. The molecule has 2 bridgehead atoms. The van der Waals surface area contributed by atoms with Gasteiger partial charge in [0.15, 0.2) is 0 Å². The summed E-state index contributed by atoms with van der Waals surface area (Å²) in [4.78, 5) is 14.1. The Labute approximate surface area is 150 Å². The SMILES string of the molecule is CN(CC(O)COCc1ccccc1)C(=O)CC1CC2CCC(C1)N2. The van der Waals surface area contributed by atoms with Gasteiger partial charge in [-0.3, -0.25) is 4.79 Å². The van der Waals surface area contributed by atoms with Crippen LogP contribution in [0.25, 0.3) is 0 Å². The maximum atomic E-state index is 12.4. The molecule has 25 heavy (non-hydrogen) atoms. The molecular formula is C20H30N2O3. The molecule has 0 radical (unpaired) electrons. The lowest BCUT2D eigenvalue weighted by Crippen LogP contribution is -2.41. The predicted molar refractivity (Wildman–Crippen MR) is 97.0 cm³/mol. The molecule has 2 saturated heterocycles. The van der Waals surface area contributed by atoms with Crippen molar-refractivity contribution in [3.05, 3.63) is 35.9 Å². The Bertz CT molecular complexity index is 539. The van der Waals surface area contributed by atoms with Crippen molar-refractivity contribution in [2.24, 2.45) is 5.92 Å². The van der Waals surface area contributed by atoms with Crippen LogP contribution in [-0.2, 0) is 16.1 Å². The number of amides is 1. The number of carbonyl (C=O) groups is 1. The van der Waals surface area contributed by atoms with Crippen LogP contribution in [0.5, 0.6) is 0 Å². The molecule has 0 saturated carbocycles. The van der Waals surface area contributed by atoms with Crippen LogP contribution in [0, 0.1) is 5.92 Å². The summed E-state index contributed by atoms with van der Waals surface area (Å²) >= 11 is 0. The second-order valence-corrected chi connectivity index (χ2v) is 7.61. The Morgan fingerprint density at radius 2 is 1.96 bits per heavy atom. The Hall–Kier alpha value is -1.43. The molecule has 138 valence electrons. The van der Waals surface area contributed by atoms with Crippen LogP contribution in [0.4, 0.5) is 0 Å². The summed E-state index contributed by atoms with van der Waals surface area (Å²) < 4.78 is 5.55. The van der Waals surface area contributed by atoms with Gasteiger partial charge in [0.1, 0.15) is 0 Å². The third-order valence-electron chi connectivity index (χ3n) is 5.37. The van der Waals surface area contributed by atoms with Gasteiger partial charge in [0.25, 0.3) is 0 Å². The van der Waals surface area contributed by atoms with Crippen molar-refractivity contribution in [3.8, 4) is 0 Å². The average Bonchev–Trinajstić information content (AvgIpc) is 2.94.